The summed E-state index contributed by atoms with van der Waals surface area (Å²) in [6.07, 6.45) is 6.51. The smallest absolute Gasteiger partial charge is 0.157 e. The molecular weight excluding hydrogens is 352 g/mol. The Bertz CT molecular complexity index is 779. The summed E-state index contributed by atoms with van der Waals surface area (Å²) in [6, 6.07) is 1.85. The lowest BCUT2D eigenvalue weighted by Crippen LogP contribution is -2.65. The van der Waals surface area contributed by atoms with Crippen molar-refractivity contribution in [2.24, 2.45) is 23.2 Å². The van der Waals surface area contributed by atoms with Gasteiger partial charge in [-0.3, -0.25) is 4.79 Å². The number of hydrogen-bond acceptors (Lipinski definition) is 4. The van der Waals surface area contributed by atoms with Crippen molar-refractivity contribution in [3.8, 4) is 17.2 Å². The average Bonchev–Trinajstić information content (AvgIpc) is 2.65. The molecule has 0 radical (unpaired) electrons. The number of ether oxygens (including phenoxy) is 3. The number of hydrogen-bond donors (Lipinski definition) is 0. The summed E-state index contributed by atoms with van der Waals surface area (Å²) in [7, 11) is 3.28. The van der Waals surface area contributed by atoms with E-state index in [1.165, 1.54) is 12.8 Å². The topological polar surface area (TPSA) is 44.8 Å². The van der Waals surface area contributed by atoms with Gasteiger partial charge in [0.05, 0.1) is 19.8 Å². The minimum Gasteiger partial charge on any atom is -0.496 e. The van der Waals surface area contributed by atoms with Gasteiger partial charge in [0.2, 0.25) is 0 Å². The molecule has 3 fully saturated rings. The predicted molar refractivity (Wildman–Crippen MR) is 110 cm³/mol. The van der Waals surface area contributed by atoms with E-state index in [2.05, 4.69) is 27.7 Å². The van der Waals surface area contributed by atoms with Crippen molar-refractivity contribution in [3.05, 3.63) is 17.2 Å². The first-order valence-electron chi connectivity index (χ1n) is 10.7. The molecule has 3 aliphatic carbocycles. The molecule has 0 saturated heterocycles. The number of carbonyl (C=O) groups excluding carboxylic acids is 1. The van der Waals surface area contributed by atoms with Crippen molar-refractivity contribution in [3.63, 3.8) is 0 Å². The van der Waals surface area contributed by atoms with Crippen LogP contribution < -0.4 is 14.2 Å². The number of carbonyl (C=O) groups is 1. The van der Waals surface area contributed by atoms with Crippen LogP contribution in [0.3, 0.4) is 0 Å². The van der Waals surface area contributed by atoms with Crippen molar-refractivity contribution >= 4 is 6.29 Å². The van der Waals surface area contributed by atoms with E-state index in [0.717, 1.165) is 42.8 Å². The molecule has 1 aromatic carbocycles. The minimum absolute atomic E-state index is 0.181. The van der Waals surface area contributed by atoms with Crippen LogP contribution in [0.25, 0.3) is 0 Å². The van der Waals surface area contributed by atoms with Gasteiger partial charge in [-0.2, -0.15) is 0 Å². The average molecular weight is 387 g/mol. The number of rotatable bonds is 5. The molecule has 3 saturated carbocycles. The van der Waals surface area contributed by atoms with E-state index in [1.807, 2.05) is 6.07 Å². The third-order valence-electron chi connectivity index (χ3n) is 7.92. The minimum atomic E-state index is -0.181. The highest BCUT2D eigenvalue weighted by Gasteiger charge is 2.64. The maximum atomic E-state index is 12.1. The van der Waals surface area contributed by atoms with Gasteiger partial charge in [0, 0.05) is 17.5 Å². The van der Waals surface area contributed by atoms with Gasteiger partial charge in [0.25, 0.3) is 0 Å². The van der Waals surface area contributed by atoms with Crippen LogP contribution in [0.15, 0.2) is 6.07 Å². The second kappa shape index (κ2) is 6.67. The van der Waals surface area contributed by atoms with E-state index in [-0.39, 0.29) is 5.60 Å². The van der Waals surface area contributed by atoms with Crippen LogP contribution in [0.2, 0.25) is 0 Å². The van der Waals surface area contributed by atoms with Gasteiger partial charge in [-0.1, -0.05) is 27.7 Å². The van der Waals surface area contributed by atoms with E-state index in [4.69, 9.17) is 14.2 Å². The van der Waals surface area contributed by atoms with Crippen LogP contribution in [-0.2, 0) is 0 Å². The Morgan fingerprint density at radius 3 is 2.50 bits per heavy atom. The summed E-state index contributed by atoms with van der Waals surface area (Å²) in [4.78, 5) is 12.1. The fraction of sp³-hybridized carbons (Fsp3) is 0.708. The Balaban J connectivity index is 1.88. The quantitative estimate of drug-likeness (QED) is 0.616. The Morgan fingerprint density at radius 1 is 1.25 bits per heavy atom. The van der Waals surface area contributed by atoms with E-state index in [0.29, 0.717) is 40.2 Å². The number of fused-ring (bicyclic) bond motifs is 2. The zero-order valence-electron chi connectivity index (χ0n) is 18.1. The molecule has 1 unspecified atom stereocenters. The number of aldehydes is 1. The van der Waals surface area contributed by atoms with E-state index >= 15 is 0 Å². The third kappa shape index (κ3) is 2.67. The zero-order valence-corrected chi connectivity index (χ0v) is 18.1. The van der Waals surface area contributed by atoms with Crippen LogP contribution in [0, 0.1) is 23.2 Å². The Hall–Kier alpha value is -1.71. The van der Waals surface area contributed by atoms with Crippen LogP contribution in [0.1, 0.15) is 81.6 Å². The van der Waals surface area contributed by atoms with Crippen molar-refractivity contribution in [1.82, 2.24) is 0 Å². The lowest BCUT2D eigenvalue weighted by Gasteiger charge is -2.66. The molecule has 4 heteroatoms. The summed E-state index contributed by atoms with van der Waals surface area (Å²) >= 11 is 0. The molecule has 1 spiro atoms. The standard InChI is InChI=1S/C24H34O4/c1-14(2)9-15-12-24(8-7-16-10-20(24)23(16,3)4)28-22-17(13-25)18(26-5)11-19(27-6)21(15)22/h11,13-16,20H,7-10,12H2,1-6H3/t15?,16-,20+,24+/m0/s1. The lowest BCUT2D eigenvalue weighted by molar-refractivity contribution is -0.199. The summed E-state index contributed by atoms with van der Waals surface area (Å²) in [5.41, 5.74) is 1.72. The second-order valence-corrected chi connectivity index (χ2v) is 10.1. The molecular formula is C24H34O4. The third-order valence-corrected chi connectivity index (χ3v) is 7.92. The molecule has 4 aliphatic rings. The van der Waals surface area contributed by atoms with Crippen molar-refractivity contribution in [2.45, 2.75) is 71.3 Å². The van der Waals surface area contributed by atoms with Crippen molar-refractivity contribution in [1.29, 1.82) is 0 Å². The first kappa shape index (κ1) is 19.6. The zero-order chi connectivity index (χ0) is 20.3. The Kier molecular flexibility index (Phi) is 4.67. The van der Waals surface area contributed by atoms with Gasteiger partial charge in [0.1, 0.15) is 22.8 Å². The van der Waals surface area contributed by atoms with Crippen LogP contribution >= 0.6 is 0 Å². The molecule has 5 rings (SSSR count). The Morgan fingerprint density at radius 2 is 1.96 bits per heavy atom. The van der Waals surface area contributed by atoms with Gasteiger partial charge in [-0.25, -0.2) is 0 Å². The molecule has 1 aromatic rings. The molecule has 1 heterocycles. The molecule has 1 aliphatic heterocycles. The molecule has 4 nitrogen and oxygen atoms in total. The molecule has 4 atom stereocenters. The van der Waals surface area contributed by atoms with Gasteiger partial charge in [-0.05, 0) is 55.3 Å². The maximum absolute atomic E-state index is 12.1. The van der Waals surface area contributed by atoms with Crippen LogP contribution in [0.5, 0.6) is 17.2 Å². The van der Waals surface area contributed by atoms with Gasteiger partial charge >= 0.3 is 0 Å². The SMILES string of the molecule is COc1cc(OC)c2c(c1C=O)O[C@]1(CC[C@H]3C[C@@H]1C3(C)C)CC2CC(C)C. The largest absolute Gasteiger partial charge is 0.496 e. The van der Waals surface area contributed by atoms with E-state index in [1.54, 1.807) is 14.2 Å². The molecule has 28 heavy (non-hydrogen) atoms. The molecule has 0 amide bonds. The summed E-state index contributed by atoms with van der Waals surface area (Å²) in [5.74, 6) is 4.26. The summed E-state index contributed by atoms with van der Waals surface area (Å²) < 4.78 is 18.1. The number of benzene rings is 1. The van der Waals surface area contributed by atoms with Gasteiger partial charge in [-0.15, -0.1) is 0 Å². The highest BCUT2D eigenvalue weighted by molar-refractivity contribution is 5.86. The fourth-order valence-corrected chi connectivity index (χ4v) is 6.48. The van der Waals surface area contributed by atoms with Crippen molar-refractivity contribution in [2.75, 3.05) is 14.2 Å². The molecule has 0 N–H and O–H groups in total. The van der Waals surface area contributed by atoms with Gasteiger partial charge < -0.3 is 14.2 Å². The molecule has 2 bridgehead atoms. The highest BCUT2D eigenvalue weighted by atomic mass is 16.5. The Labute approximate surface area is 168 Å². The highest BCUT2D eigenvalue weighted by Crippen LogP contribution is 2.67. The maximum Gasteiger partial charge on any atom is 0.157 e. The molecule has 0 aromatic heterocycles. The van der Waals surface area contributed by atoms with E-state index < -0.39 is 0 Å². The normalized spacial score (nSPS) is 32.3. The number of methoxy groups -OCH3 is 2. The summed E-state index contributed by atoms with van der Waals surface area (Å²) in [5, 5.41) is 0. The van der Waals surface area contributed by atoms with E-state index in [9.17, 15) is 4.79 Å². The first-order valence-corrected chi connectivity index (χ1v) is 10.7. The predicted octanol–water partition coefficient (Wildman–Crippen LogP) is 5.62. The summed E-state index contributed by atoms with van der Waals surface area (Å²) in [6.45, 7) is 9.33. The second-order valence-electron chi connectivity index (χ2n) is 10.1. The molecule has 154 valence electrons. The van der Waals surface area contributed by atoms with Crippen LogP contribution in [0.4, 0.5) is 0 Å². The van der Waals surface area contributed by atoms with Crippen LogP contribution in [-0.4, -0.2) is 26.1 Å². The fourth-order valence-electron chi connectivity index (χ4n) is 6.48. The monoisotopic (exact) mass is 386 g/mol. The first-order chi connectivity index (χ1) is 13.3. The lowest BCUT2D eigenvalue weighted by atomic mass is 9.42. The van der Waals surface area contributed by atoms with Gasteiger partial charge in [0.15, 0.2) is 6.29 Å². The van der Waals surface area contributed by atoms with Crippen molar-refractivity contribution < 1.29 is 19.0 Å².